The lowest BCUT2D eigenvalue weighted by Gasteiger charge is -2.30. The molecule has 0 N–H and O–H groups in total. The number of alkyl halides is 3. The number of esters is 2. The van der Waals surface area contributed by atoms with Crippen molar-refractivity contribution in [2.24, 2.45) is 5.92 Å². The van der Waals surface area contributed by atoms with Crippen molar-refractivity contribution in [1.82, 2.24) is 4.90 Å². The summed E-state index contributed by atoms with van der Waals surface area (Å²) in [7, 11) is 1.42. The van der Waals surface area contributed by atoms with Gasteiger partial charge < -0.3 is 14.2 Å². The highest BCUT2D eigenvalue weighted by Gasteiger charge is 2.35. The van der Waals surface area contributed by atoms with Gasteiger partial charge in [-0.25, -0.2) is 14.4 Å². The zero-order valence-corrected chi connectivity index (χ0v) is 23.8. The van der Waals surface area contributed by atoms with Crippen LogP contribution in [0.3, 0.4) is 0 Å². The maximum absolute atomic E-state index is 13.4. The minimum atomic E-state index is -4.52. The summed E-state index contributed by atoms with van der Waals surface area (Å²) in [5.74, 6) is -1.50. The molecular formula is C30H38F3NO6. The third-order valence-electron chi connectivity index (χ3n) is 5.89. The van der Waals surface area contributed by atoms with Gasteiger partial charge in [0, 0.05) is 13.5 Å². The van der Waals surface area contributed by atoms with Crippen molar-refractivity contribution >= 4 is 18.0 Å². The molecular weight excluding hydrogens is 527 g/mol. The van der Waals surface area contributed by atoms with Crippen LogP contribution in [0.2, 0.25) is 0 Å². The van der Waals surface area contributed by atoms with Crippen LogP contribution in [-0.2, 0) is 43.0 Å². The Morgan fingerprint density at radius 2 is 1.45 bits per heavy atom. The summed E-state index contributed by atoms with van der Waals surface area (Å²) in [5.41, 5.74) is -0.606. The van der Waals surface area contributed by atoms with Crippen LogP contribution < -0.4 is 0 Å². The minimum Gasteiger partial charge on any atom is -0.458 e. The molecule has 0 aliphatic rings. The van der Waals surface area contributed by atoms with Crippen LogP contribution in [-0.4, -0.2) is 47.7 Å². The number of ether oxygens (including phenoxy) is 3. The number of amides is 1. The monoisotopic (exact) mass is 565 g/mol. The second-order valence-electron chi connectivity index (χ2n) is 11.0. The van der Waals surface area contributed by atoms with Crippen molar-refractivity contribution in [1.29, 1.82) is 0 Å². The first kappa shape index (κ1) is 32.7. The second kappa shape index (κ2) is 14.2. The molecule has 2 rings (SSSR count). The summed E-state index contributed by atoms with van der Waals surface area (Å²) in [6.45, 7) is 8.93. The molecule has 0 heterocycles. The molecule has 0 fully saturated rings. The maximum atomic E-state index is 13.4. The Morgan fingerprint density at radius 1 is 0.850 bits per heavy atom. The van der Waals surface area contributed by atoms with Gasteiger partial charge in [0.15, 0.2) is 0 Å². The molecule has 0 saturated carbocycles. The van der Waals surface area contributed by atoms with E-state index in [0.29, 0.717) is 17.5 Å². The van der Waals surface area contributed by atoms with E-state index in [2.05, 4.69) is 0 Å². The van der Waals surface area contributed by atoms with Crippen molar-refractivity contribution < 1.29 is 41.8 Å². The minimum absolute atomic E-state index is 0.0880. The smallest absolute Gasteiger partial charge is 0.416 e. The number of carbonyl (C=O) groups excluding carboxylic acids is 3. The number of hydrogen-bond donors (Lipinski definition) is 0. The average molecular weight is 566 g/mol. The van der Waals surface area contributed by atoms with Gasteiger partial charge in [0.25, 0.3) is 0 Å². The molecule has 7 nitrogen and oxygen atoms in total. The summed E-state index contributed by atoms with van der Waals surface area (Å²) in [6, 6.07) is 12.0. The van der Waals surface area contributed by atoms with E-state index >= 15 is 0 Å². The lowest BCUT2D eigenvalue weighted by atomic mass is 10.0. The van der Waals surface area contributed by atoms with E-state index in [1.165, 1.54) is 19.2 Å². The lowest BCUT2D eigenvalue weighted by molar-refractivity contribution is -0.171. The molecule has 0 aliphatic carbocycles. The van der Waals surface area contributed by atoms with E-state index in [1.54, 1.807) is 51.1 Å². The first-order valence-electron chi connectivity index (χ1n) is 13.1. The highest BCUT2D eigenvalue weighted by Crippen LogP contribution is 2.29. The van der Waals surface area contributed by atoms with Crippen LogP contribution in [0.1, 0.15) is 64.2 Å². The SMILES string of the molecule is CC(C)CC[C@@H](C(=O)O[C@H](Cc1ccc(C(F)(F)F)cc1)C(=O)OCc1ccccc1)N(C)C(=O)OC(C)(C)C. The molecule has 0 radical (unpaired) electrons. The summed E-state index contributed by atoms with van der Waals surface area (Å²) in [5, 5.41) is 0. The fraction of sp³-hybridized carbons (Fsp3) is 0.500. The number of likely N-dealkylation sites (N-methyl/N-ethyl adjacent to an activating group) is 1. The van der Waals surface area contributed by atoms with E-state index in [1.807, 2.05) is 13.8 Å². The van der Waals surface area contributed by atoms with Gasteiger partial charge >= 0.3 is 24.2 Å². The molecule has 1 amide bonds. The third kappa shape index (κ3) is 10.9. The topological polar surface area (TPSA) is 82.1 Å². The van der Waals surface area contributed by atoms with Crippen LogP contribution in [0.5, 0.6) is 0 Å². The van der Waals surface area contributed by atoms with Gasteiger partial charge in [-0.1, -0.05) is 56.3 Å². The quantitative estimate of drug-likeness (QED) is 0.226. The van der Waals surface area contributed by atoms with Gasteiger partial charge in [0.1, 0.15) is 18.2 Å². The molecule has 220 valence electrons. The number of rotatable bonds is 11. The van der Waals surface area contributed by atoms with E-state index < -0.39 is 47.5 Å². The highest BCUT2D eigenvalue weighted by molar-refractivity contribution is 5.84. The standard InChI is InChI=1S/C30H38F3NO6/c1-20(2)12-17-24(34(6)28(37)40-29(3,4)5)26(35)39-25(27(36)38-19-22-10-8-7-9-11-22)18-21-13-15-23(16-14-21)30(31,32)33/h7-11,13-16,20,24-25H,12,17-19H2,1-6H3/t24-,25+/m0/s1. The third-order valence-corrected chi connectivity index (χ3v) is 5.89. The summed E-state index contributed by atoms with van der Waals surface area (Å²) >= 11 is 0. The predicted octanol–water partition coefficient (Wildman–Crippen LogP) is 6.57. The molecule has 0 saturated heterocycles. The Bertz CT molecular complexity index is 1110. The number of benzene rings is 2. The Hall–Kier alpha value is -3.56. The molecule has 0 unspecified atom stereocenters. The fourth-order valence-corrected chi connectivity index (χ4v) is 3.68. The average Bonchev–Trinajstić information content (AvgIpc) is 2.86. The molecule has 2 aromatic rings. The fourth-order valence-electron chi connectivity index (χ4n) is 3.68. The summed E-state index contributed by atoms with van der Waals surface area (Å²) in [4.78, 5) is 40.4. The zero-order valence-electron chi connectivity index (χ0n) is 23.8. The molecule has 10 heteroatoms. The number of hydrogen-bond acceptors (Lipinski definition) is 6. The molecule has 0 aromatic heterocycles. The first-order chi connectivity index (χ1) is 18.6. The first-order valence-corrected chi connectivity index (χ1v) is 13.1. The van der Waals surface area contributed by atoms with Crippen LogP contribution in [0, 0.1) is 5.92 Å². The van der Waals surface area contributed by atoms with Crippen molar-refractivity contribution in [3.8, 4) is 0 Å². The van der Waals surface area contributed by atoms with Crippen molar-refractivity contribution in [2.45, 2.75) is 84.4 Å². The van der Waals surface area contributed by atoms with Crippen molar-refractivity contribution in [2.75, 3.05) is 7.05 Å². The Kier molecular flexibility index (Phi) is 11.6. The summed E-state index contributed by atoms with van der Waals surface area (Å²) < 4.78 is 55.5. The molecule has 2 atom stereocenters. The van der Waals surface area contributed by atoms with Gasteiger partial charge in [-0.3, -0.25) is 4.90 Å². The molecule has 2 aromatic carbocycles. The van der Waals surface area contributed by atoms with Crippen LogP contribution in [0.25, 0.3) is 0 Å². The van der Waals surface area contributed by atoms with Gasteiger partial charge in [0.05, 0.1) is 5.56 Å². The largest absolute Gasteiger partial charge is 0.458 e. The Morgan fingerprint density at radius 3 is 1.98 bits per heavy atom. The predicted molar refractivity (Wildman–Crippen MR) is 143 cm³/mol. The van der Waals surface area contributed by atoms with Crippen LogP contribution in [0.4, 0.5) is 18.0 Å². The molecule has 40 heavy (non-hydrogen) atoms. The van der Waals surface area contributed by atoms with E-state index in [0.717, 1.165) is 17.0 Å². The van der Waals surface area contributed by atoms with E-state index in [4.69, 9.17) is 14.2 Å². The van der Waals surface area contributed by atoms with E-state index in [-0.39, 0.29) is 25.4 Å². The number of nitrogens with zero attached hydrogens (tertiary/aromatic N) is 1. The van der Waals surface area contributed by atoms with Gasteiger partial charge in [0.2, 0.25) is 6.10 Å². The Balaban J connectivity index is 2.29. The van der Waals surface area contributed by atoms with Crippen LogP contribution in [0.15, 0.2) is 54.6 Å². The molecule has 0 spiro atoms. The van der Waals surface area contributed by atoms with Crippen molar-refractivity contribution in [3.63, 3.8) is 0 Å². The number of halogens is 3. The van der Waals surface area contributed by atoms with Gasteiger partial charge in [-0.15, -0.1) is 0 Å². The zero-order chi connectivity index (χ0) is 30.1. The number of carbonyl (C=O) groups is 3. The maximum Gasteiger partial charge on any atom is 0.416 e. The molecule has 0 aliphatic heterocycles. The van der Waals surface area contributed by atoms with E-state index in [9.17, 15) is 27.6 Å². The van der Waals surface area contributed by atoms with Crippen LogP contribution >= 0.6 is 0 Å². The van der Waals surface area contributed by atoms with Crippen molar-refractivity contribution in [3.05, 3.63) is 71.3 Å². The Labute approximate surface area is 233 Å². The normalized spacial score (nSPS) is 13.3. The lowest BCUT2D eigenvalue weighted by Crippen LogP contribution is -2.47. The highest BCUT2D eigenvalue weighted by atomic mass is 19.4. The molecule has 0 bridgehead atoms. The summed E-state index contributed by atoms with van der Waals surface area (Å²) in [6.07, 6.45) is -6.10. The second-order valence-corrected chi connectivity index (χ2v) is 11.0. The van der Waals surface area contributed by atoms with Gasteiger partial charge in [-0.2, -0.15) is 13.2 Å². The van der Waals surface area contributed by atoms with Gasteiger partial charge in [-0.05, 0) is 62.8 Å².